The maximum atomic E-state index is 13.3. The van der Waals surface area contributed by atoms with E-state index in [2.05, 4.69) is 25.9 Å². The van der Waals surface area contributed by atoms with Gasteiger partial charge in [-0.2, -0.15) is 0 Å². The molecule has 330 valence electrons. The number of rotatable bonds is 24. The molecule has 1 aliphatic heterocycles. The number of amides is 3. The van der Waals surface area contributed by atoms with Crippen molar-refractivity contribution in [2.75, 3.05) is 88.0 Å². The number of hydrogen-bond acceptors (Lipinski definition) is 13. The van der Waals surface area contributed by atoms with Crippen molar-refractivity contribution in [1.82, 2.24) is 25.9 Å². The molecule has 1 aromatic heterocycles. The van der Waals surface area contributed by atoms with E-state index < -0.39 is 25.6 Å². The molecule has 4 rings (SSSR count). The Morgan fingerprint density at radius 1 is 0.750 bits per heavy atom. The Kier molecular flexibility index (Phi) is 18.2. The average molecular weight is 895 g/mol. The third kappa shape index (κ3) is 17.5. The van der Waals surface area contributed by atoms with Gasteiger partial charge in [-0.15, -0.1) is 0 Å². The first-order valence-corrected chi connectivity index (χ1v) is 24.5. The van der Waals surface area contributed by atoms with Crippen molar-refractivity contribution in [2.24, 2.45) is 0 Å². The molecule has 1 saturated heterocycles. The molecule has 20 heteroatoms. The molecule has 7 N–H and O–H groups in total. The van der Waals surface area contributed by atoms with Crippen molar-refractivity contribution in [3.8, 4) is 11.5 Å². The van der Waals surface area contributed by atoms with Gasteiger partial charge in [0.05, 0.1) is 43.7 Å². The predicted octanol–water partition coefficient (Wildman–Crippen LogP) is 2.13. The minimum Gasteiger partial charge on any atom is -0.484 e. The van der Waals surface area contributed by atoms with Crippen LogP contribution in [0.5, 0.6) is 11.5 Å². The van der Waals surface area contributed by atoms with Crippen LogP contribution in [-0.4, -0.2) is 132 Å². The Labute approximate surface area is 357 Å². The summed E-state index contributed by atoms with van der Waals surface area (Å²) in [6.07, 6.45) is 8.11. The second-order valence-electron chi connectivity index (χ2n) is 15.4. The van der Waals surface area contributed by atoms with Crippen LogP contribution in [0.25, 0.3) is 0 Å². The molecule has 0 radical (unpaired) electrons. The van der Waals surface area contributed by atoms with E-state index in [-0.39, 0.29) is 78.1 Å². The maximum Gasteiger partial charge on any atom is 0.274 e. The number of sulfone groups is 2. The lowest BCUT2D eigenvalue weighted by Crippen LogP contribution is -2.60. The molecular weight excluding hydrogens is 836 g/mol. The average Bonchev–Trinajstić information content (AvgIpc) is 3.18. The first kappa shape index (κ1) is 48.0. The van der Waals surface area contributed by atoms with E-state index >= 15 is 0 Å². The fraction of sp³-hybridized carbons (Fsp3) is 0.525. The normalized spacial score (nSPS) is 15.2. The summed E-state index contributed by atoms with van der Waals surface area (Å²) in [5.41, 5.74) is 13.9. The lowest BCUT2D eigenvalue weighted by atomic mass is 9.99. The lowest BCUT2D eigenvalue weighted by molar-refractivity contribution is -0.933. The molecule has 2 aromatic carbocycles. The molecule has 1 unspecified atom stereocenters. The van der Waals surface area contributed by atoms with Gasteiger partial charge in [0.2, 0.25) is 0 Å². The van der Waals surface area contributed by atoms with Crippen LogP contribution in [0.1, 0.15) is 60.1 Å². The molecule has 0 bridgehead atoms. The lowest BCUT2D eigenvalue weighted by Gasteiger charge is -2.45. The van der Waals surface area contributed by atoms with Crippen LogP contribution < -0.4 is 36.9 Å². The first-order valence-electron chi connectivity index (χ1n) is 20.0. The van der Waals surface area contributed by atoms with Gasteiger partial charge in [0.25, 0.3) is 17.7 Å². The third-order valence-electron chi connectivity index (χ3n) is 10.1. The molecule has 0 saturated carbocycles. The van der Waals surface area contributed by atoms with Crippen molar-refractivity contribution in [2.45, 2.75) is 57.4 Å². The number of ether oxygens (including phenoxy) is 2. The number of anilines is 2. The van der Waals surface area contributed by atoms with E-state index in [0.29, 0.717) is 30.9 Å². The van der Waals surface area contributed by atoms with Crippen molar-refractivity contribution in [3.05, 3.63) is 70.5 Å². The fourth-order valence-electron chi connectivity index (χ4n) is 7.09. The molecule has 3 aromatic rings. The van der Waals surface area contributed by atoms with Gasteiger partial charge < -0.3 is 41.4 Å². The largest absolute Gasteiger partial charge is 0.484 e. The number of halogens is 1. The molecule has 1 atom stereocenters. The number of aryl methyl sites for hydroxylation is 2. The Morgan fingerprint density at radius 3 is 1.70 bits per heavy atom. The summed E-state index contributed by atoms with van der Waals surface area (Å²) in [5, 5.41) is 8.36. The van der Waals surface area contributed by atoms with Gasteiger partial charge in [-0.05, 0) is 73.9 Å². The highest BCUT2D eigenvalue weighted by molar-refractivity contribution is 7.90. The van der Waals surface area contributed by atoms with Gasteiger partial charge in [-0.25, -0.2) is 26.8 Å². The molecule has 3 amide bonds. The fourth-order valence-corrected chi connectivity index (χ4v) is 8.55. The summed E-state index contributed by atoms with van der Waals surface area (Å²) in [7, 11) is -6.16. The van der Waals surface area contributed by atoms with Gasteiger partial charge in [0, 0.05) is 38.4 Å². The summed E-state index contributed by atoms with van der Waals surface area (Å²) in [6.45, 7) is 3.60. The summed E-state index contributed by atoms with van der Waals surface area (Å²) in [5.74, 6) is -0.104. The van der Waals surface area contributed by atoms with E-state index in [9.17, 15) is 31.2 Å². The summed E-state index contributed by atoms with van der Waals surface area (Å²) in [6, 6.07) is 15.1. The van der Waals surface area contributed by atoms with Crippen molar-refractivity contribution < 1.29 is 45.2 Å². The molecule has 2 heterocycles. The highest BCUT2D eigenvalue weighted by atomic mass is 35.5. The number of aromatic nitrogens is 2. The number of nitrogens with zero attached hydrogens (tertiary/aromatic N) is 3. The van der Waals surface area contributed by atoms with Crippen LogP contribution in [0.4, 0.5) is 11.6 Å². The smallest absolute Gasteiger partial charge is 0.274 e. The Balaban J connectivity index is 1.31. The SMILES string of the molecule is CS(=O)(=O)CCCNC(=O)COc1ccc(CCC[N+]2(CCCc3ccc(OCC(=O)NCCCS(C)(=O)=O)cc3)CCCC(NC(=O)c3nc(Cl)c(N)nc3N)C2)cc1. The Morgan fingerprint density at radius 2 is 1.23 bits per heavy atom. The summed E-state index contributed by atoms with van der Waals surface area (Å²) < 4.78 is 57.2. The minimum atomic E-state index is -3.08. The van der Waals surface area contributed by atoms with Crippen molar-refractivity contribution in [3.63, 3.8) is 0 Å². The van der Waals surface area contributed by atoms with Crippen LogP contribution in [0.2, 0.25) is 5.15 Å². The minimum absolute atomic E-state index is 0.00930. The molecule has 0 spiro atoms. The van der Waals surface area contributed by atoms with E-state index in [1.807, 2.05) is 48.5 Å². The van der Waals surface area contributed by atoms with E-state index in [0.717, 1.165) is 86.3 Å². The number of hydrogen-bond donors (Lipinski definition) is 5. The van der Waals surface area contributed by atoms with Gasteiger partial charge in [0.15, 0.2) is 35.7 Å². The number of carbonyl (C=O) groups is 3. The molecule has 1 fully saturated rings. The first-order chi connectivity index (χ1) is 28.4. The van der Waals surface area contributed by atoms with Gasteiger partial charge in [-0.3, -0.25) is 14.4 Å². The zero-order valence-corrected chi connectivity index (χ0v) is 36.7. The zero-order valence-electron chi connectivity index (χ0n) is 34.3. The van der Waals surface area contributed by atoms with E-state index in [1.165, 1.54) is 0 Å². The number of nitrogens with one attached hydrogen (secondary N) is 3. The van der Waals surface area contributed by atoms with Crippen LogP contribution >= 0.6 is 11.6 Å². The summed E-state index contributed by atoms with van der Waals surface area (Å²) in [4.78, 5) is 45.6. The molecular formula is C40H58ClN8O9S2+. The van der Waals surface area contributed by atoms with E-state index in [1.54, 1.807) is 0 Å². The molecule has 17 nitrogen and oxygen atoms in total. The number of nitrogens with two attached hydrogens (primary N) is 2. The van der Waals surface area contributed by atoms with Gasteiger partial charge >= 0.3 is 0 Å². The second kappa shape index (κ2) is 22.8. The van der Waals surface area contributed by atoms with E-state index in [4.69, 9.17) is 32.5 Å². The Bertz CT molecular complexity index is 2020. The predicted molar refractivity (Wildman–Crippen MR) is 231 cm³/mol. The monoisotopic (exact) mass is 893 g/mol. The number of nitrogen functional groups attached to an aromatic ring is 2. The van der Waals surface area contributed by atoms with Gasteiger partial charge in [0.1, 0.15) is 31.2 Å². The topological polar surface area (TPSA) is 252 Å². The van der Waals surface area contributed by atoms with Crippen LogP contribution in [0, 0.1) is 0 Å². The van der Waals surface area contributed by atoms with Crippen molar-refractivity contribution in [1.29, 1.82) is 0 Å². The number of likely N-dealkylation sites (tertiary alicyclic amines) is 1. The number of carbonyl (C=O) groups excluding carboxylic acids is 3. The second-order valence-corrected chi connectivity index (χ2v) is 20.3. The highest BCUT2D eigenvalue weighted by Gasteiger charge is 2.35. The number of quaternary nitrogens is 1. The number of benzene rings is 2. The summed E-state index contributed by atoms with van der Waals surface area (Å²) >= 11 is 6.06. The molecule has 0 aliphatic carbocycles. The standard InChI is InChI=1S/C40H57ClN8O9S2/c1-59(53,54)24-6-19-44-34(50)27-57-32-15-11-29(12-16-32)8-3-21-49(23-5-10-31(26-49)46-40(52)36-38(42)48-39(43)37(41)47-36)22-4-9-30-13-17-33(18-14-30)58-28-35(51)45-20-7-25-60(2,55)56/h11-18,31H,3-10,19-28H2,1-2H3,(H6-,42,43,44,45,46,48,50,51,52)/p+1. The maximum absolute atomic E-state index is 13.3. The highest BCUT2D eigenvalue weighted by Crippen LogP contribution is 2.25. The van der Waals surface area contributed by atoms with Crippen LogP contribution in [0.15, 0.2) is 48.5 Å². The third-order valence-corrected chi connectivity index (χ3v) is 12.4. The Hall–Kier alpha value is -4.72. The molecule has 60 heavy (non-hydrogen) atoms. The van der Waals surface area contributed by atoms with Crippen LogP contribution in [-0.2, 0) is 42.1 Å². The zero-order chi connectivity index (χ0) is 43.8. The van der Waals surface area contributed by atoms with Gasteiger partial charge in [-0.1, -0.05) is 35.9 Å². The van der Waals surface area contributed by atoms with Crippen LogP contribution in [0.3, 0.4) is 0 Å². The van der Waals surface area contributed by atoms with Crippen molar-refractivity contribution >= 4 is 60.6 Å². The molecule has 1 aliphatic rings. The number of piperidine rings is 1. The quantitative estimate of drug-likeness (QED) is 0.0640.